The van der Waals surface area contributed by atoms with Crippen LogP contribution in [0.1, 0.15) is 34.1 Å². The average molecular weight is 468 g/mol. The van der Waals surface area contributed by atoms with Crippen molar-refractivity contribution >= 4 is 34.9 Å². The molecule has 0 aliphatic carbocycles. The number of carbonyl (C=O) groups excluding carboxylic acids is 2. The van der Waals surface area contributed by atoms with Crippen LogP contribution in [-0.4, -0.2) is 43.4 Å². The standard InChI is InChI=1S/C24H22ClN3O5/c1-31-17-8-5-15(6-9-17)20-13-21(22-4-3-11-33-22)28(27-20)23(29)14-26-16-7-10-19(25)18(12-16)24(30)32-2/h3-12,21,26H,13-14H2,1-2H3/t21-/m1/s1. The van der Waals surface area contributed by atoms with Gasteiger partial charge in [0, 0.05) is 12.1 Å². The zero-order valence-electron chi connectivity index (χ0n) is 18.1. The van der Waals surface area contributed by atoms with Gasteiger partial charge in [0.15, 0.2) is 0 Å². The summed E-state index contributed by atoms with van der Waals surface area (Å²) in [6, 6.07) is 15.6. The second-order valence-electron chi connectivity index (χ2n) is 7.29. The third kappa shape index (κ3) is 4.85. The van der Waals surface area contributed by atoms with Gasteiger partial charge in [-0.1, -0.05) is 11.6 Å². The normalized spacial score (nSPS) is 15.2. The fourth-order valence-electron chi connectivity index (χ4n) is 3.56. The van der Waals surface area contributed by atoms with Crippen LogP contribution < -0.4 is 10.1 Å². The third-order valence-corrected chi connectivity index (χ3v) is 5.61. The van der Waals surface area contributed by atoms with Gasteiger partial charge in [-0.15, -0.1) is 0 Å². The summed E-state index contributed by atoms with van der Waals surface area (Å²) in [4.78, 5) is 25.0. The molecule has 2 aromatic carbocycles. The number of halogens is 1. The minimum Gasteiger partial charge on any atom is -0.497 e. The van der Waals surface area contributed by atoms with E-state index in [1.807, 2.05) is 30.3 Å². The van der Waals surface area contributed by atoms with Crippen molar-refractivity contribution in [2.75, 3.05) is 26.1 Å². The number of hydrogen-bond acceptors (Lipinski definition) is 7. The molecule has 2 heterocycles. The molecule has 0 spiro atoms. The summed E-state index contributed by atoms with van der Waals surface area (Å²) in [5.74, 6) is 0.581. The number of hydrazone groups is 1. The topological polar surface area (TPSA) is 93.4 Å². The van der Waals surface area contributed by atoms with Crippen molar-refractivity contribution in [3.63, 3.8) is 0 Å². The first-order valence-corrected chi connectivity index (χ1v) is 10.6. The monoisotopic (exact) mass is 467 g/mol. The van der Waals surface area contributed by atoms with E-state index >= 15 is 0 Å². The molecule has 0 unspecified atom stereocenters. The average Bonchev–Trinajstić information content (AvgIpc) is 3.53. The number of ether oxygens (including phenoxy) is 2. The number of nitrogens with one attached hydrogen (secondary N) is 1. The number of esters is 1. The lowest BCUT2D eigenvalue weighted by Gasteiger charge is -2.20. The van der Waals surface area contributed by atoms with Crippen molar-refractivity contribution in [1.82, 2.24) is 5.01 Å². The molecule has 0 fully saturated rings. The summed E-state index contributed by atoms with van der Waals surface area (Å²) < 4.78 is 15.5. The summed E-state index contributed by atoms with van der Waals surface area (Å²) in [5, 5.41) is 9.33. The number of hydrogen-bond donors (Lipinski definition) is 1. The SMILES string of the molecule is COC(=O)c1cc(NCC(=O)N2N=C(c3ccc(OC)cc3)C[C@@H]2c2ccco2)ccc1Cl. The summed E-state index contributed by atoms with van der Waals surface area (Å²) in [6.07, 6.45) is 2.09. The van der Waals surface area contributed by atoms with Crippen molar-refractivity contribution in [2.45, 2.75) is 12.5 Å². The van der Waals surface area contributed by atoms with Crippen LogP contribution >= 0.6 is 11.6 Å². The molecule has 1 amide bonds. The van der Waals surface area contributed by atoms with Crippen LogP contribution in [0.25, 0.3) is 0 Å². The maximum atomic E-state index is 13.1. The van der Waals surface area contributed by atoms with E-state index in [-0.39, 0.29) is 29.1 Å². The van der Waals surface area contributed by atoms with E-state index in [0.717, 1.165) is 17.0 Å². The van der Waals surface area contributed by atoms with Crippen molar-refractivity contribution in [1.29, 1.82) is 0 Å². The van der Waals surface area contributed by atoms with Crippen molar-refractivity contribution in [3.05, 3.63) is 82.8 Å². The molecular weight excluding hydrogens is 446 g/mol. The number of benzene rings is 2. The van der Waals surface area contributed by atoms with E-state index in [4.69, 9.17) is 25.5 Å². The van der Waals surface area contributed by atoms with Gasteiger partial charge in [0.2, 0.25) is 0 Å². The van der Waals surface area contributed by atoms with Gasteiger partial charge in [0.05, 0.1) is 43.3 Å². The van der Waals surface area contributed by atoms with E-state index in [2.05, 4.69) is 10.4 Å². The number of rotatable bonds is 7. The molecule has 0 bridgehead atoms. The lowest BCUT2D eigenvalue weighted by molar-refractivity contribution is -0.131. The number of amides is 1. The van der Waals surface area contributed by atoms with Gasteiger partial charge in [-0.3, -0.25) is 4.79 Å². The molecule has 1 N–H and O–H groups in total. The van der Waals surface area contributed by atoms with Gasteiger partial charge in [0.25, 0.3) is 5.91 Å². The molecule has 1 aliphatic rings. The summed E-state index contributed by atoms with van der Waals surface area (Å²) in [6.45, 7) is -0.0428. The van der Waals surface area contributed by atoms with Gasteiger partial charge in [-0.05, 0) is 60.2 Å². The van der Waals surface area contributed by atoms with Crippen molar-refractivity contribution in [2.24, 2.45) is 5.10 Å². The zero-order valence-corrected chi connectivity index (χ0v) is 18.8. The summed E-state index contributed by atoms with van der Waals surface area (Å²) in [5.41, 5.74) is 2.44. The first-order chi connectivity index (χ1) is 16.0. The first-order valence-electron chi connectivity index (χ1n) is 10.2. The van der Waals surface area contributed by atoms with Crippen LogP contribution in [0.4, 0.5) is 5.69 Å². The maximum Gasteiger partial charge on any atom is 0.339 e. The van der Waals surface area contributed by atoms with Crippen LogP contribution in [0.2, 0.25) is 5.02 Å². The number of carbonyl (C=O) groups is 2. The minimum atomic E-state index is -0.555. The highest BCUT2D eigenvalue weighted by Gasteiger charge is 2.34. The summed E-state index contributed by atoms with van der Waals surface area (Å²) in [7, 11) is 2.89. The Hall–Kier alpha value is -3.78. The van der Waals surface area contributed by atoms with E-state index in [1.165, 1.54) is 12.1 Å². The van der Waals surface area contributed by atoms with E-state index in [1.54, 1.807) is 37.6 Å². The van der Waals surface area contributed by atoms with Gasteiger partial charge >= 0.3 is 5.97 Å². The number of furan rings is 1. The molecular formula is C24H22ClN3O5. The predicted octanol–water partition coefficient (Wildman–Crippen LogP) is 4.52. The first kappa shape index (κ1) is 22.4. The van der Waals surface area contributed by atoms with Crippen LogP contribution in [-0.2, 0) is 9.53 Å². The second kappa shape index (κ2) is 9.79. The van der Waals surface area contributed by atoms with Crippen LogP contribution in [0.5, 0.6) is 5.75 Å². The molecule has 3 aromatic rings. The molecule has 0 radical (unpaired) electrons. The number of anilines is 1. The molecule has 1 aliphatic heterocycles. The second-order valence-corrected chi connectivity index (χ2v) is 7.70. The largest absolute Gasteiger partial charge is 0.497 e. The fraction of sp³-hybridized carbons (Fsp3) is 0.208. The molecule has 1 aromatic heterocycles. The molecule has 0 saturated heterocycles. The molecule has 9 heteroatoms. The smallest absolute Gasteiger partial charge is 0.339 e. The summed E-state index contributed by atoms with van der Waals surface area (Å²) >= 11 is 6.07. The number of nitrogens with zero attached hydrogens (tertiary/aromatic N) is 2. The Morgan fingerprint density at radius 3 is 2.64 bits per heavy atom. The van der Waals surface area contributed by atoms with Crippen molar-refractivity contribution < 1.29 is 23.5 Å². The Kier molecular flexibility index (Phi) is 6.65. The number of methoxy groups -OCH3 is 2. The lowest BCUT2D eigenvalue weighted by atomic mass is 10.0. The molecule has 8 nitrogen and oxygen atoms in total. The fourth-order valence-corrected chi connectivity index (χ4v) is 3.76. The highest BCUT2D eigenvalue weighted by atomic mass is 35.5. The van der Waals surface area contributed by atoms with E-state index in [9.17, 15) is 9.59 Å². The minimum absolute atomic E-state index is 0.0428. The van der Waals surface area contributed by atoms with Gasteiger partial charge in [0.1, 0.15) is 17.6 Å². The maximum absolute atomic E-state index is 13.1. The van der Waals surface area contributed by atoms with E-state index < -0.39 is 5.97 Å². The van der Waals surface area contributed by atoms with Crippen LogP contribution in [0.15, 0.2) is 70.4 Å². The Bertz CT molecular complexity index is 1180. The Morgan fingerprint density at radius 2 is 1.97 bits per heavy atom. The molecule has 4 rings (SSSR count). The van der Waals surface area contributed by atoms with Gasteiger partial charge < -0.3 is 19.2 Å². The molecule has 33 heavy (non-hydrogen) atoms. The van der Waals surface area contributed by atoms with Crippen LogP contribution in [0.3, 0.4) is 0 Å². The quantitative estimate of drug-likeness (QED) is 0.513. The molecule has 1 atom stereocenters. The highest BCUT2D eigenvalue weighted by Crippen LogP contribution is 2.33. The van der Waals surface area contributed by atoms with Crippen molar-refractivity contribution in [3.8, 4) is 5.75 Å². The Balaban J connectivity index is 1.53. The van der Waals surface area contributed by atoms with E-state index in [0.29, 0.717) is 17.9 Å². The zero-order chi connectivity index (χ0) is 23.4. The lowest BCUT2D eigenvalue weighted by Crippen LogP contribution is -2.32. The van der Waals surface area contributed by atoms with Gasteiger partial charge in [-0.2, -0.15) is 5.10 Å². The highest BCUT2D eigenvalue weighted by molar-refractivity contribution is 6.33. The Labute approximate surface area is 195 Å². The molecule has 170 valence electrons. The Morgan fingerprint density at radius 1 is 1.18 bits per heavy atom. The third-order valence-electron chi connectivity index (χ3n) is 5.28. The molecule has 0 saturated carbocycles. The van der Waals surface area contributed by atoms with Gasteiger partial charge in [-0.25, -0.2) is 9.80 Å². The predicted molar refractivity (Wildman–Crippen MR) is 124 cm³/mol. The van der Waals surface area contributed by atoms with Crippen LogP contribution in [0, 0.1) is 0 Å².